The number of benzene rings is 2. The fourth-order valence-corrected chi connectivity index (χ4v) is 2.38. The van der Waals surface area contributed by atoms with Crippen molar-refractivity contribution in [2.45, 2.75) is 6.92 Å². The smallest absolute Gasteiger partial charge is 0.330 e. The van der Waals surface area contributed by atoms with Gasteiger partial charge in [-0.05, 0) is 19.1 Å². The molecule has 0 unspecified atom stereocenters. The molecular formula is C21H22N2O6. The van der Waals surface area contributed by atoms with Gasteiger partial charge < -0.3 is 24.8 Å². The predicted molar refractivity (Wildman–Crippen MR) is 108 cm³/mol. The van der Waals surface area contributed by atoms with Crippen LogP contribution in [0.1, 0.15) is 17.3 Å². The molecule has 29 heavy (non-hydrogen) atoms. The Balaban J connectivity index is 2.17. The van der Waals surface area contributed by atoms with E-state index in [0.29, 0.717) is 28.4 Å². The van der Waals surface area contributed by atoms with E-state index in [4.69, 9.17) is 14.2 Å². The lowest BCUT2D eigenvalue weighted by Crippen LogP contribution is -2.20. The van der Waals surface area contributed by atoms with Crippen LogP contribution in [-0.2, 0) is 14.3 Å². The van der Waals surface area contributed by atoms with E-state index < -0.39 is 18.5 Å². The summed E-state index contributed by atoms with van der Waals surface area (Å²) in [7, 11) is 2.86. The Morgan fingerprint density at radius 3 is 2.07 bits per heavy atom. The van der Waals surface area contributed by atoms with Gasteiger partial charge in [0, 0.05) is 23.8 Å². The molecule has 8 heteroatoms. The van der Waals surface area contributed by atoms with Gasteiger partial charge in [-0.2, -0.15) is 0 Å². The van der Waals surface area contributed by atoms with Crippen LogP contribution in [-0.4, -0.2) is 38.6 Å². The molecule has 0 heterocycles. The van der Waals surface area contributed by atoms with Gasteiger partial charge in [-0.15, -0.1) is 0 Å². The third kappa shape index (κ3) is 6.10. The second-order valence-electron chi connectivity index (χ2n) is 5.73. The Morgan fingerprint density at radius 1 is 0.931 bits per heavy atom. The highest BCUT2D eigenvalue weighted by Gasteiger charge is 2.16. The SMILES string of the molecule is C/C=C/C(=O)OCC(=O)Nc1cc(OC)c(NC(=O)c2ccccc2)cc1OC. The lowest BCUT2D eigenvalue weighted by Gasteiger charge is -2.16. The van der Waals surface area contributed by atoms with Gasteiger partial charge in [0.15, 0.2) is 6.61 Å². The standard InChI is InChI=1S/C21H22N2O6/c1-4-8-20(25)29-13-19(24)22-15-11-18(28-3)16(12-17(15)27-2)23-21(26)14-9-6-5-7-10-14/h4-12H,13H2,1-3H3,(H,22,24)(H,23,26)/b8-4+. The van der Waals surface area contributed by atoms with Crippen LogP contribution in [0.4, 0.5) is 11.4 Å². The summed E-state index contributed by atoms with van der Waals surface area (Å²) in [6, 6.07) is 11.7. The summed E-state index contributed by atoms with van der Waals surface area (Å²) >= 11 is 0. The van der Waals surface area contributed by atoms with Crippen LogP contribution in [0.2, 0.25) is 0 Å². The molecule has 0 saturated heterocycles. The maximum atomic E-state index is 12.4. The van der Waals surface area contributed by atoms with E-state index >= 15 is 0 Å². The van der Waals surface area contributed by atoms with E-state index in [0.717, 1.165) is 0 Å². The first-order chi connectivity index (χ1) is 14.0. The van der Waals surface area contributed by atoms with Gasteiger partial charge in [-0.3, -0.25) is 9.59 Å². The first kappa shape index (κ1) is 21.5. The van der Waals surface area contributed by atoms with Crippen LogP contribution in [0.3, 0.4) is 0 Å². The zero-order valence-electron chi connectivity index (χ0n) is 16.4. The maximum absolute atomic E-state index is 12.4. The van der Waals surface area contributed by atoms with E-state index in [9.17, 15) is 14.4 Å². The van der Waals surface area contributed by atoms with Gasteiger partial charge in [0.05, 0.1) is 25.6 Å². The van der Waals surface area contributed by atoms with Gasteiger partial charge >= 0.3 is 5.97 Å². The molecule has 2 aromatic carbocycles. The molecule has 0 aliphatic heterocycles. The average Bonchev–Trinajstić information content (AvgIpc) is 2.73. The van der Waals surface area contributed by atoms with Crippen LogP contribution < -0.4 is 20.1 Å². The molecule has 0 atom stereocenters. The molecule has 8 nitrogen and oxygen atoms in total. The molecule has 2 N–H and O–H groups in total. The van der Waals surface area contributed by atoms with Crippen LogP contribution in [0.5, 0.6) is 11.5 Å². The van der Waals surface area contributed by atoms with E-state index in [1.165, 1.54) is 38.5 Å². The Kier molecular flexibility index (Phi) is 7.78. The summed E-state index contributed by atoms with van der Waals surface area (Å²) in [5.41, 5.74) is 1.15. The zero-order valence-corrected chi connectivity index (χ0v) is 16.4. The minimum atomic E-state index is -0.619. The molecule has 0 aliphatic rings. The largest absolute Gasteiger partial charge is 0.494 e. The van der Waals surface area contributed by atoms with E-state index in [-0.39, 0.29) is 5.91 Å². The van der Waals surface area contributed by atoms with E-state index in [1.807, 2.05) is 6.07 Å². The number of carbonyl (C=O) groups excluding carboxylic acids is 3. The number of allylic oxidation sites excluding steroid dienone is 1. The van der Waals surface area contributed by atoms with Gasteiger partial charge in [0.25, 0.3) is 11.8 Å². The molecular weight excluding hydrogens is 376 g/mol. The molecule has 0 radical (unpaired) electrons. The number of esters is 1. The van der Waals surface area contributed by atoms with Gasteiger partial charge in [-0.25, -0.2) is 4.79 Å². The summed E-state index contributed by atoms with van der Waals surface area (Å²) in [5.74, 6) is -0.882. The van der Waals surface area contributed by atoms with Crippen molar-refractivity contribution in [1.29, 1.82) is 0 Å². The molecule has 152 valence electrons. The van der Waals surface area contributed by atoms with Crippen LogP contribution in [0.25, 0.3) is 0 Å². The molecule has 2 rings (SSSR count). The van der Waals surface area contributed by atoms with Crippen molar-refractivity contribution in [3.05, 3.63) is 60.2 Å². The Bertz CT molecular complexity index is 909. The third-order valence-electron chi connectivity index (χ3n) is 3.73. The van der Waals surface area contributed by atoms with E-state index in [2.05, 4.69) is 10.6 Å². The predicted octanol–water partition coefficient (Wildman–Crippen LogP) is 3.01. The number of hydrogen-bond donors (Lipinski definition) is 2. The fraction of sp³-hybridized carbons (Fsp3) is 0.190. The number of ether oxygens (including phenoxy) is 3. The molecule has 2 aromatic rings. The summed E-state index contributed by atoms with van der Waals surface area (Å²) in [6.45, 7) is 1.21. The summed E-state index contributed by atoms with van der Waals surface area (Å²) in [5, 5.41) is 5.34. The van der Waals surface area contributed by atoms with Crippen molar-refractivity contribution in [2.75, 3.05) is 31.5 Å². The zero-order chi connectivity index (χ0) is 21.2. The third-order valence-corrected chi connectivity index (χ3v) is 3.73. The maximum Gasteiger partial charge on any atom is 0.330 e. The Morgan fingerprint density at radius 2 is 1.52 bits per heavy atom. The van der Waals surface area contributed by atoms with Crippen LogP contribution in [0, 0.1) is 0 Å². The molecule has 0 saturated carbocycles. The fourth-order valence-electron chi connectivity index (χ4n) is 2.38. The highest BCUT2D eigenvalue weighted by molar-refractivity contribution is 6.05. The number of hydrogen-bond acceptors (Lipinski definition) is 6. The summed E-state index contributed by atoms with van der Waals surface area (Å²) < 4.78 is 15.4. The summed E-state index contributed by atoms with van der Waals surface area (Å²) in [4.78, 5) is 35.8. The Labute approximate surface area is 168 Å². The number of amides is 2. The highest BCUT2D eigenvalue weighted by Crippen LogP contribution is 2.36. The second kappa shape index (κ2) is 10.5. The molecule has 2 amide bonds. The van der Waals surface area contributed by atoms with Crippen molar-refractivity contribution >= 4 is 29.2 Å². The van der Waals surface area contributed by atoms with Crippen molar-refractivity contribution in [1.82, 2.24) is 0 Å². The van der Waals surface area contributed by atoms with Crippen molar-refractivity contribution in [3.8, 4) is 11.5 Å². The second-order valence-corrected chi connectivity index (χ2v) is 5.73. The number of rotatable bonds is 8. The molecule has 0 aromatic heterocycles. The number of methoxy groups -OCH3 is 2. The lowest BCUT2D eigenvalue weighted by molar-refractivity contribution is -0.142. The highest BCUT2D eigenvalue weighted by atomic mass is 16.5. The van der Waals surface area contributed by atoms with E-state index in [1.54, 1.807) is 31.2 Å². The molecule has 0 aliphatic carbocycles. The minimum Gasteiger partial charge on any atom is -0.494 e. The number of nitrogens with one attached hydrogen (secondary N) is 2. The van der Waals surface area contributed by atoms with Gasteiger partial charge in [0.1, 0.15) is 11.5 Å². The Hall–Kier alpha value is -3.81. The number of carbonyl (C=O) groups is 3. The topological polar surface area (TPSA) is 103 Å². The van der Waals surface area contributed by atoms with Crippen molar-refractivity contribution in [2.24, 2.45) is 0 Å². The quantitative estimate of drug-likeness (QED) is 0.523. The number of anilines is 2. The van der Waals surface area contributed by atoms with Gasteiger partial charge in [0.2, 0.25) is 0 Å². The monoisotopic (exact) mass is 398 g/mol. The normalized spacial score (nSPS) is 10.3. The first-order valence-electron chi connectivity index (χ1n) is 8.70. The average molecular weight is 398 g/mol. The molecule has 0 bridgehead atoms. The van der Waals surface area contributed by atoms with Crippen LogP contribution in [0.15, 0.2) is 54.6 Å². The first-order valence-corrected chi connectivity index (χ1v) is 8.70. The lowest BCUT2D eigenvalue weighted by atomic mass is 10.2. The van der Waals surface area contributed by atoms with Gasteiger partial charge in [-0.1, -0.05) is 24.3 Å². The van der Waals surface area contributed by atoms with Crippen LogP contribution >= 0.6 is 0 Å². The molecule has 0 spiro atoms. The van der Waals surface area contributed by atoms with Crippen molar-refractivity contribution in [3.63, 3.8) is 0 Å². The van der Waals surface area contributed by atoms with Crippen molar-refractivity contribution < 1.29 is 28.6 Å². The minimum absolute atomic E-state index is 0.294. The molecule has 0 fully saturated rings. The summed E-state index contributed by atoms with van der Waals surface area (Å²) in [6.07, 6.45) is 2.72.